The first kappa shape index (κ1) is 10.6. The van der Waals surface area contributed by atoms with Crippen LogP contribution in [-0.4, -0.2) is 23.0 Å². The molecule has 17 heavy (non-hydrogen) atoms. The van der Waals surface area contributed by atoms with Gasteiger partial charge in [-0.25, -0.2) is 0 Å². The summed E-state index contributed by atoms with van der Waals surface area (Å²) in [6.45, 7) is 2.19. The summed E-state index contributed by atoms with van der Waals surface area (Å²) in [5, 5.41) is 7.99. The van der Waals surface area contributed by atoms with Gasteiger partial charge in [-0.15, -0.1) is 0 Å². The molecule has 90 valence electrons. The van der Waals surface area contributed by atoms with Crippen LogP contribution in [0.1, 0.15) is 37.9 Å². The van der Waals surface area contributed by atoms with E-state index >= 15 is 0 Å². The summed E-state index contributed by atoms with van der Waals surface area (Å²) in [4.78, 5) is 2.15. The maximum absolute atomic E-state index is 7.99. The third-order valence-electron chi connectivity index (χ3n) is 3.90. The standard InChI is InChI=1S/C14H18N2O/c1-10-6-5-9-12-13(17-14(15)16(10)12)11-7-3-2-4-8-11/h2-4,7-8,10,12-13,15H,5-6,9H2,1H3. The summed E-state index contributed by atoms with van der Waals surface area (Å²) in [5.74, 6) is 0. The summed E-state index contributed by atoms with van der Waals surface area (Å²) in [6, 6.07) is 11.4. The average Bonchev–Trinajstić information content (AvgIpc) is 2.69. The van der Waals surface area contributed by atoms with Gasteiger partial charge in [0.1, 0.15) is 6.10 Å². The molecule has 2 saturated heterocycles. The molecule has 3 atom stereocenters. The van der Waals surface area contributed by atoms with E-state index in [4.69, 9.17) is 10.1 Å². The Kier molecular flexibility index (Phi) is 2.54. The predicted molar refractivity (Wildman–Crippen MR) is 66.9 cm³/mol. The van der Waals surface area contributed by atoms with Crippen molar-refractivity contribution in [2.45, 2.75) is 44.4 Å². The first-order valence-corrected chi connectivity index (χ1v) is 6.36. The lowest BCUT2D eigenvalue weighted by Gasteiger charge is -2.35. The molecule has 0 aliphatic carbocycles. The molecule has 1 aromatic rings. The van der Waals surface area contributed by atoms with E-state index in [-0.39, 0.29) is 6.10 Å². The molecule has 0 aromatic heterocycles. The summed E-state index contributed by atoms with van der Waals surface area (Å²) < 4.78 is 5.77. The average molecular weight is 230 g/mol. The molecule has 0 bridgehead atoms. The van der Waals surface area contributed by atoms with Crippen molar-refractivity contribution in [2.75, 3.05) is 0 Å². The van der Waals surface area contributed by atoms with Crippen LogP contribution in [0.4, 0.5) is 0 Å². The zero-order valence-corrected chi connectivity index (χ0v) is 10.1. The molecule has 2 aliphatic heterocycles. The molecule has 2 fully saturated rings. The summed E-state index contributed by atoms with van der Waals surface area (Å²) in [5.41, 5.74) is 1.19. The Bertz CT molecular complexity index is 417. The second kappa shape index (κ2) is 4.06. The van der Waals surface area contributed by atoms with E-state index in [1.807, 2.05) is 18.2 Å². The third-order valence-corrected chi connectivity index (χ3v) is 3.90. The largest absolute Gasteiger partial charge is 0.455 e. The molecule has 0 saturated carbocycles. The second-order valence-corrected chi connectivity index (χ2v) is 5.01. The third kappa shape index (κ3) is 1.70. The highest BCUT2D eigenvalue weighted by Gasteiger charge is 2.44. The van der Waals surface area contributed by atoms with Crippen LogP contribution < -0.4 is 0 Å². The fourth-order valence-corrected chi connectivity index (χ4v) is 3.07. The smallest absolute Gasteiger partial charge is 0.285 e. The summed E-state index contributed by atoms with van der Waals surface area (Å²) >= 11 is 0. The number of nitrogens with zero attached hydrogens (tertiary/aromatic N) is 1. The minimum atomic E-state index is 0.0476. The van der Waals surface area contributed by atoms with Crippen LogP contribution in [0.5, 0.6) is 0 Å². The number of hydrogen-bond donors (Lipinski definition) is 1. The lowest BCUT2D eigenvalue weighted by Crippen LogP contribution is -2.44. The lowest BCUT2D eigenvalue weighted by molar-refractivity contribution is 0.145. The lowest BCUT2D eigenvalue weighted by atomic mass is 9.91. The number of nitrogens with one attached hydrogen (secondary N) is 1. The summed E-state index contributed by atoms with van der Waals surface area (Å²) in [7, 11) is 0. The first-order valence-electron chi connectivity index (χ1n) is 6.36. The van der Waals surface area contributed by atoms with Gasteiger partial charge in [-0.3, -0.25) is 5.41 Å². The monoisotopic (exact) mass is 230 g/mol. The van der Waals surface area contributed by atoms with Crippen molar-refractivity contribution in [3.8, 4) is 0 Å². The fourth-order valence-electron chi connectivity index (χ4n) is 3.07. The van der Waals surface area contributed by atoms with Gasteiger partial charge in [-0.2, -0.15) is 0 Å². The second-order valence-electron chi connectivity index (χ2n) is 5.01. The molecule has 2 heterocycles. The number of hydrogen-bond acceptors (Lipinski definition) is 2. The number of rotatable bonds is 1. The van der Waals surface area contributed by atoms with Gasteiger partial charge >= 0.3 is 0 Å². The molecule has 0 spiro atoms. The van der Waals surface area contributed by atoms with E-state index in [9.17, 15) is 0 Å². The van der Waals surface area contributed by atoms with Gasteiger partial charge in [0.2, 0.25) is 0 Å². The number of fused-ring (bicyclic) bond motifs is 1. The van der Waals surface area contributed by atoms with E-state index in [1.165, 1.54) is 18.4 Å². The molecule has 2 aliphatic rings. The van der Waals surface area contributed by atoms with E-state index < -0.39 is 0 Å². The number of ether oxygens (including phenoxy) is 1. The highest BCUT2D eigenvalue weighted by Crippen LogP contribution is 2.39. The van der Waals surface area contributed by atoms with Crippen molar-refractivity contribution >= 4 is 6.02 Å². The zero-order chi connectivity index (χ0) is 11.8. The van der Waals surface area contributed by atoms with Crippen LogP contribution in [0.2, 0.25) is 0 Å². The SMILES string of the molecule is CC1CCCC2C(c3ccccc3)OC(=N)N12. The van der Waals surface area contributed by atoms with Crippen molar-refractivity contribution in [3.05, 3.63) is 35.9 Å². The van der Waals surface area contributed by atoms with Crippen molar-refractivity contribution in [1.82, 2.24) is 4.90 Å². The van der Waals surface area contributed by atoms with Gasteiger partial charge in [0.05, 0.1) is 6.04 Å². The molecule has 1 aromatic carbocycles. The number of piperidine rings is 1. The van der Waals surface area contributed by atoms with Gasteiger partial charge in [-0.1, -0.05) is 30.3 Å². The Labute approximate surface area is 102 Å². The van der Waals surface area contributed by atoms with Crippen molar-refractivity contribution in [1.29, 1.82) is 5.41 Å². The molecule has 0 radical (unpaired) electrons. The van der Waals surface area contributed by atoms with E-state index in [2.05, 4.69) is 24.0 Å². The van der Waals surface area contributed by atoms with E-state index in [1.54, 1.807) is 0 Å². The Hall–Kier alpha value is -1.51. The zero-order valence-electron chi connectivity index (χ0n) is 10.1. The minimum absolute atomic E-state index is 0.0476. The molecule has 3 unspecified atom stereocenters. The van der Waals surface area contributed by atoms with Crippen LogP contribution in [-0.2, 0) is 4.74 Å². The van der Waals surface area contributed by atoms with Crippen molar-refractivity contribution in [2.24, 2.45) is 0 Å². The molecule has 3 heteroatoms. The van der Waals surface area contributed by atoms with Crippen LogP contribution in [0.3, 0.4) is 0 Å². The maximum atomic E-state index is 7.99. The Morgan fingerprint density at radius 2 is 2.00 bits per heavy atom. The maximum Gasteiger partial charge on any atom is 0.285 e. The highest BCUT2D eigenvalue weighted by molar-refractivity contribution is 5.74. The predicted octanol–water partition coefficient (Wildman–Crippen LogP) is 2.94. The first-order chi connectivity index (χ1) is 8.27. The normalized spacial score (nSPS) is 32.2. The van der Waals surface area contributed by atoms with Gasteiger partial charge in [0.25, 0.3) is 6.02 Å². The summed E-state index contributed by atoms with van der Waals surface area (Å²) in [6.07, 6.45) is 3.59. The number of benzene rings is 1. The van der Waals surface area contributed by atoms with Crippen molar-refractivity contribution in [3.63, 3.8) is 0 Å². The molecule has 3 rings (SSSR count). The Morgan fingerprint density at radius 1 is 1.24 bits per heavy atom. The van der Waals surface area contributed by atoms with Gasteiger partial charge in [0, 0.05) is 6.04 Å². The van der Waals surface area contributed by atoms with Gasteiger partial charge in [0.15, 0.2) is 0 Å². The Morgan fingerprint density at radius 3 is 2.76 bits per heavy atom. The molecular formula is C14H18N2O. The quantitative estimate of drug-likeness (QED) is 0.805. The van der Waals surface area contributed by atoms with Crippen molar-refractivity contribution < 1.29 is 4.74 Å². The molecule has 0 amide bonds. The molecule has 3 nitrogen and oxygen atoms in total. The van der Waals surface area contributed by atoms with Gasteiger partial charge < -0.3 is 9.64 Å². The Balaban J connectivity index is 1.91. The van der Waals surface area contributed by atoms with E-state index in [0.717, 1.165) is 6.42 Å². The van der Waals surface area contributed by atoms with Gasteiger partial charge in [-0.05, 0) is 31.7 Å². The highest BCUT2D eigenvalue weighted by atomic mass is 16.5. The van der Waals surface area contributed by atoms with E-state index in [0.29, 0.717) is 18.1 Å². The van der Waals surface area contributed by atoms with Crippen LogP contribution in [0, 0.1) is 5.41 Å². The molecule has 1 N–H and O–H groups in total. The number of amidine groups is 1. The minimum Gasteiger partial charge on any atom is -0.455 e. The van der Waals surface area contributed by atoms with Crippen LogP contribution >= 0.6 is 0 Å². The van der Waals surface area contributed by atoms with Crippen LogP contribution in [0.25, 0.3) is 0 Å². The molecular weight excluding hydrogens is 212 g/mol. The van der Waals surface area contributed by atoms with Crippen LogP contribution in [0.15, 0.2) is 30.3 Å². The topological polar surface area (TPSA) is 36.3 Å². The fraction of sp³-hybridized carbons (Fsp3) is 0.500.